The monoisotopic (exact) mass is 410 g/mol. The van der Waals surface area contributed by atoms with E-state index in [9.17, 15) is 19.8 Å². The molecule has 1 atom stereocenters. The number of aromatic hydroxyl groups is 1. The maximum atomic E-state index is 13.3. The Morgan fingerprint density at radius 3 is 2.59 bits per heavy atom. The predicted molar refractivity (Wildman–Crippen MR) is 107 cm³/mol. The Hall–Kier alpha value is -3.39. The van der Waals surface area contributed by atoms with Crippen LogP contribution in [0.25, 0.3) is 0 Å². The molecule has 4 rings (SSSR count). The van der Waals surface area contributed by atoms with E-state index in [1.165, 1.54) is 28.6 Å². The summed E-state index contributed by atoms with van der Waals surface area (Å²) in [7, 11) is 0. The Kier molecular flexibility index (Phi) is 4.50. The number of thiazole rings is 1. The second-order valence-electron chi connectivity index (χ2n) is 6.82. The number of anilines is 1. The van der Waals surface area contributed by atoms with Gasteiger partial charge in [0.2, 0.25) is 5.78 Å². The average molecular weight is 410 g/mol. The van der Waals surface area contributed by atoms with E-state index in [2.05, 4.69) is 4.98 Å². The molecule has 0 saturated heterocycles. The van der Waals surface area contributed by atoms with Crippen molar-refractivity contribution in [3.05, 3.63) is 74.8 Å². The van der Waals surface area contributed by atoms with Crippen molar-refractivity contribution >= 4 is 28.7 Å². The van der Waals surface area contributed by atoms with Crippen LogP contribution in [0.3, 0.4) is 0 Å². The Bertz CT molecular complexity index is 1160. The predicted octanol–water partition coefficient (Wildman–Crippen LogP) is 4.15. The number of hydrogen-bond acceptors (Lipinski definition) is 7. The lowest BCUT2D eigenvalue weighted by molar-refractivity contribution is -0.117. The second-order valence-corrected chi connectivity index (χ2v) is 8.03. The van der Waals surface area contributed by atoms with Gasteiger partial charge in [-0.2, -0.15) is 0 Å². The van der Waals surface area contributed by atoms with E-state index < -0.39 is 23.5 Å². The summed E-state index contributed by atoms with van der Waals surface area (Å²) in [4.78, 5) is 32.2. The molecule has 0 fully saturated rings. The minimum Gasteiger partial charge on any atom is -0.506 e. The lowest BCUT2D eigenvalue weighted by atomic mass is 9.99. The van der Waals surface area contributed by atoms with E-state index in [1.807, 2.05) is 6.92 Å². The first-order chi connectivity index (χ1) is 13.8. The van der Waals surface area contributed by atoms with Gasteiger partial charge in [-0.25, -0.2) is 4.98 Å². The van der Waals surface area contributed by atoms with Gasteiger partial charge in [-0.05, 0) is 50.6 Å². The van der Waals surface area contributed by atoms with Crippen LogP contribution in [0.15, 0.2) is 52.3 Å². The minimum atomic E-state index is -1.01. The molecule has 2 N–H and O–H groups in total. The largest absolute Gasteiger partial charge is 0.506 e. The lowest BCUT2D eigenvalue weighted by Gasteiger charge is -2.25. The first kappa shape index (κ1) is 18.9. The van der Waals surface area contributed by atoms with Crippen molar-refractivity contribution < 1.29 is 24.2 Å². The number of aliphatic hydroxyl groups excluding tert-OH is 1. The molecule has 29 heavy (non-hydrogen) atoms. The number of benzene rings is 1. The van der Waals surface area contributed by atoms with Crippen LogP contribution >= 0.6 is 11.3 Å². The zero-order valence-electron chi connectivity index (χ0n) is 16.0. The summed E-state index contributed by atoms with van der Waals surface area (Å²) in [6.07, 6.45) is 1.42. The summed E-state index contributed by atoms with van der Waals surface area (Å²) in [6, 6.07) is 7.02. The van der Waals surface area contributed by atoms with E-state index in [4.69, 9.17) is 4.42 Å². The molecule has 1 aliphatic heterocycles. The van der Waals surface area contributed by atoms with Crippen molar-refractivity contribution in [2.75, 3.05) is 4.90 Å². The highest BCUT2D eigenvalue weighted by Crippen LogP contribution is 2.45. The summed E-state index contributed by atoms with van der Waals surface area (Å²) >= 11 is 1.20. The fourth-order valence-corrected chi connectivity index (χ4v) is 4.37. The van der Waals surface area contributed by atoms with Gasteiger partial charge in [0.05, 0.1) is 33.1 Å². The van der Waals surface area contributed by atoms with Crippen molar-refractivity contribution in [3.8, 4) is 5.75 Å². The number of amides is 1. The molecular formula is C21H18N2O5S. The Balaban J connectivity index is 1.90. The number of phenolic OH excluding ortho intramolecular Hbond substituents is 1. The van der Waals surface area contributed by atoms with Gasteiger partial charge in [0.15, 0.2) is 5.76 Å². The Morgan fingerprint density at radius 1 is 1.21 bits per heavy atom. The number of carbonyl (C=O) groups is 2. The minimum absolute atomic E-state index is 0.0994. The van der Waals surface area contributed by atoms with E-state index in [0.29, 0.717) is 21.3 Å². The third-order valence-electron chi connectivity index (χ3n) is 4.77. The lowest BCUT2D eigenvalue weighted by Crippen LogP contribution is -2.31. The van der Waals surface area contributed by atoms with Crippen LogP contribution < -0.4 is 4.90 Å². The number of rotatable bonds is 4. The molecule has 1 aliphatic rings. The Labute approximate surface area is 170 Å². The van der Waals surface area contributed by atoms with Gasteiger partial charge >= 0.3 is 0 Å². The number of hydrogen-bond donors (Lipinski definition) is 2. The number of Topliss-reactive ketones (excluding diaryl/α,β-unsaturated/α-hetero) is 1. The van der Waals surface area contributed by atoms with E-state index >= 15 is 0 Å². The summed E-state index contributed by atoms with van der Waals surface area (Å²) in [5, 5.41) is 21.8. The van der Waals surface area contributed by atoms with Crippen LogP contribution in [0.5, 0.6) is 5.75 Å². The highest BCUT2D eigenvalue weighted by molar-refractivity contribution is 7.14. The van der Waals surface area contributed by atoms with Crippen molar-refractivity contribution in [1.29, 1.82) is 0 Å². The van der Waals surface area contributed by atoms with Gasteiger partial charge in [-0.15, -0.1) is 11.3 Å². The van der Waals surface area contributed by atoms with Crippen LogP contribution in [-0.2, 0) is 4.79 Å². The van der Waals surface area contributed by atoms with E-state index in [0.717, 1.165) is 5.56 Å². The van der Waals surface area contributed by atoms with Crippen molar-refractivity contribution in [2.24, 2.45) is 0 Å². The molecule has 1 aromatic carbocycles. The molecule has 8 heteroatoms. The molecule has 0 radical (unpaired) electrons. The number of carbonyl (C=O) groups excluding carboxylic acids is 2. The highest BCUT2D eigenvalue weighted by atomic mass is 32.1. The summed E-state index contributed by atoms with van der Waals surface area (Å²) in [5.41, 5.74) is 1.41. The Morgan fingerprint density at radius 2 is 1.97 bits per heavy atom. The molecule has 0 aliphatic carbocycles. The molecule has 7 nitrogen and oxygen atoms in total. The smallest absolute Gasteiger partial charge is 0.294 e. The van der Waals surface area contributed by atoms with Gasteiger partial charge in [-0.1, -0.05) is 6.07 Å². The molecule has 0 bridgehead atoms. The molecule has 2 aromatic heterocycles. The first-order valence-corrected chi connectivity index (χ1v) is 9.69. The quantitative estimate of drug-likeness (QED) is 0.626. The third kappa shape index (κ3) is 3.01. The fourth-order valence-electron chi connectivity index (χ4n) is 3.49. The van der Waals surface area contributed by atoms with Crippen LogP contribution in [0, 0.1) is 20.8 Å². The molecular weight excluding hydrogens is 392 g/mol. The van der Waals surface area contributed by atoms with Crippen LogP contribution in [0.1, 0.15) is 37.7 Å². The molecule has 3 aromatic rings. The summed E-state index contributed by atoms with van der Waals surface area (Å²) in [6.45, 7) is 5.30. The number of aryl methyl sites for hydroxylation is 3. The van der Waals surface area contributed by atoms with Gasteiger partial charge in [0.25, 0.3) is 5.91 Å². The summed E-state index contributed by atoms with van der Waals surface area (Å²) < 4.78 is 5.50. The molecule has 1 unspecified atom stereocenters. The van der Waals surface area contributed by atoms with Crippen molar-refractivity contribution in [2.45, 2.75) is 26.8 Å². The van der Waals surface area contributed by atoms with Gasteiger partial charge < -0.3 is 14.6 Å². The molecule has 1 amide bonds. The standard InChI is InChI=1S/C21H18N2O5S/c1-10-6-7-14(24)13(9-10)23-17(15-5-4-8-28-15)16(19(26)21(23)27)18(25)20-11(2)22-12(3)29-20/h4-9,17,24,26H,1-3H3. The van der Waals surface area contributed by atoms with Gasteiger partial charge in [0.1, 0.15) is 17.6 Å². The van der Waals surface area contributed by atoms with E-state index in [-0.39, 0.29) is 17.0 Å². The maximum Gasteiger partial charge on any atom is 0.294 e. The highest BCUT2D eigenvalue weighted by Gasteiger charge is 2.47. The third-order valence-corrected chi connectivity index (χ3v) is 5.84. The molecule has 148 valence electrons. The zero-order chi connectivity index (χ0) is 20.9. The molecule has 0 spiro atoms. The number of aliphatic hydroxyl groups is 1. The van der Waals surface area contributed by atoms with E-state index in [1.54, 1.807) is 38.1 Å². The number of furan rings is 1. The number of nitrogens with zero attached hydrogens (tertiary/aromatic N) is 2. The average Bonchev–Trinajstić information content (AvgIpc) is 3.37. The van der Waals surface area contributed by atoms with Crippen molar-refractivity contribution in [1.82, 2.24) is 4.98 Å². The van der Waals surface area contributed by atoms with Gasteiger partial charge in [-0.3, -0.25) is 14.5 Å². The number of aromatic nitrogens is 1. The second kappa shape index (κ2) is 6.89. The zero-order valence-corrected chi connectivity index (χ0v) is 16.8. The van der Waals surface area contributed by atoms with Crippen LogP contribution in [-0.4, -0.2) is 26.9 Å². The summed E-state index contributed by atoms with van der Waals surface area (Å²) in [5.74, 6) is -1.79. The number of phenols is 1. The van der Waals surface area contributed by atoms with Crippen molar-refractivity contribution in [3.63, 3.8) is 0 Å². The SMILES string of the molecule is Cc1ccc(O)c(N2C(=O)C(O)=C(C(=O)c3sc(C)nc3C)C2c2ccco2)c1. The fraction of sp³-hybridized carbons (Fsp3) is 0.190. The van der Waals surface area contributed by atoms with Gasteiger partial charge in [0, 0.05) is 0 Å². The van der Waals surface area contributed by atoms with Crippen LogP contribution in [0.2, 0.25) is 0 Å². The maximum absolute atomic E-state index is 13.3. The molecule has 0 saturated carbocycles. The first-order valence-electron chi connectivity index (χ1n) is 8.88. The van der Waals surface area contributed by atoms with Crippen LogP contribution in [0.4, 0.5) is 5.69 Å². The number of ketones is 1. The molecule has 3 heterocycles. The normalized spacial score (nSPS) is 16.7. The topological polar surface area (TPSA) is 104 Å².